The summed E-state index contributed by atoms with van der Waals surface area (Å²) in [6.45, 7) is 0. The van der Waals surface area contributed by atoms with Crippen LogP contribution >= 0.6 is 0 Å². The normalized spacial score (nSPS) is 12.0. The highest BCUT2D eigenvalue weighted by Crippen LogP contribution is 2.41. The average molecular weight is 376 g/mol. The maximum atomic E-state index is 14.6. The van der Waals surface area contributed by atoms with Crippen LogP contribution < -0.4 is 0 Å². The highest BCUT2D eigenvalue weighted by atomic mass is 19.4. The number of halogens is 5. The van der Waals surface area contributed by atoms with E-state index in [0.717, 1.165) is 36.4 Å². The quantitative estimate of drug-likeness (QED) is 0.333. The molecule has 0 bridgehead atoms. The van der Waals surface area contributed by atoms with Crippen LogP contribution in [0.1, 0.15) is 22.3 Å². The minimum Gasteiger partial charge on any atom is -0.302 e. The molecule has 0 saturated heterocycles. The van der Waals surface area contributed by atoms with E-state index in [0.29, 0.717) is 6.29 Å². The fraction of sp³-hybridized carbons (Fsp3) is 0.0952. The first kappa shape index (κ1) is 18.8. The van der Waals surface area contributed by atoms with Gasteiger partial charge in [0.1, 0.15) is 23.3 Å². The zero-order valence-corrected chi connectivity index (χ0v) is 13.8. The van der Waals surface area contributed by atoms with Crippen molar-refractivity contribution in [3.8, 4) is 0 Å². The van der Waals surface area contributed by atoms with Gasteiger partial charge in [0.15, 0.2) is 0 Å². The summed E-state index contributed by atoms with van der Waals surface area (Å²) in [4.78, 5) is 12.3. The third-order valence-electron chi connectivity index (χ3n) is 4.44. The summed E-state index contributed by atoms with van der Waals surface area (Å²) in [5, 5.41) is 0. The number of alkyl halides is 3. The molecular formula is C21H13F5O. The second-order valence-electron chi connectivity index (χ2n) is 5.96. The Kier molecular flexibility index (Phi) is 4.83. The van der Waals surface area contributed by atoms with Gasteiger partial charge in [0.25, 0.3) is 0 Å². The van der Waals surface area contributed by atoms with Gasteiger partial charge in [-0.2, -0.15) is 13.2 Å². The summed E-state index contributed by atoms with van der Waals surface area (Å²) in [6.07, 6.45) is -4.22. The highest BCUT2D eigenvalue weighted by molar-refractivity contribution is 5.81. The van der Waals surface area contributed by atoms with E-state index in [1.54, 1.807) is 0 Å². The predicted octanol–water partition coefficient (Wildman–Crippen LogP) is 5.52. The van der Waals surface area contributed by atoms with Gasteiger partial charge in [0.05, 0.1) is 5.56 Å². The van der Waals surface area contributed by atoms with Crippen molar-refractivity contribution in [3.05, 3.63) is 107 Å². The number of carbonyl (C=O) groups is 1. The van der Waals surface area contributed by atoms with E-state index in [2.05, 4.69) is 0 Å². The van der Waals surface area contributed by atoms with Gasteiger partial charge in [0, 0.05) is 11.1 Å². The standard InChI is InChI=1S/C21H13F5O/c22-18-7-3-1-5-16(18)20(13-27,17-6-2-4-8-19(17)23)14-9-11-15(12-10-14)21(24,25)26/h1-13H. The van der Waals surface area contributed by atoms with E-state index < -0.39 is 28.8 Å². The number of hydrogen-bond acceptors (Lipinski definition) is 1. The topological polar surface area (TPSA) is 17.1 Å². The summed E-state index contributed by atoms with van der Waals surface area (Å²) in [7, 11) is 0. The molecule has 0 N–H and O–H groups in total. The van der Waals surface area contributed by atoms with Gasteiger partial charge in [-0.3, -0.25) is 0 Å². The molecule has 0 amide bonds. The van der Waals surface area contributed by atoms with Gasteiger partial charge in [-0.1, -0.05) is 48.5 Å². The second-order valence-corrected chi connectivity index (χ2v) is 5.96. The first-order valence-electron chi connectivity index (χ1n) is 7.95. The molecule has 0 aliphatic carbocycles. The van der Waals surface area contributed by atoms with Gasteiger partial charge in [-0.15, -0.1) is 0 Å². The van der Waals surface area contributed by atoms with Gasteiger partial charge < -0.3 is 4.79 Å². The van der Waals surface area contributed by atoms with E-state index >= 15 is 0 Å². The molecular weight excluding hydrogens is 363 g/mol. The molecule has 6 heteroatoms. The van der Waals surface area contributed by atoms with Crippen LogP contribution in [-0.2, 0) is 16.4 Å². The molecule has 3 aromatic carbocycles. The summed E-state index contributed by atoms with van der Waals surface area (Å²) in [6, 6.07) is 14.3. The SMILES string of the molecule is O=CC(c1ccc(C(F)(F)F)cc1)(c1ccccc1F)c1ccccc1F. The number of carbonyl (C=O) groups excluding carboxylic acids is 1. The van der Waals surface area contributed by atoms with Crippen molar-refractivity contribution in [2.45, 2.75) is 11.6 Å². The largest absolute Gasteiger partial charge is 0.416 e. The fourth-order valence-electron chi connectivity index (χ4n) is 3.14. The molecule has 0 heterocycles. The summed E-state index contributed by atoms with van der Waals surface area (Å²) >= 11 is 0. The number of benzene rings is 3. The van der Waals surface area contributed by atoms with E-state index in [9.17, 15) is 26.7 Å². The van der Waals surface area contributed by atoms with Crippen LogP contribution in [0.3, 0.4) is 0 Å². The second kappa shape index (κ2) is 6.95. The maximum Gasteiger partial charge on any atom is 0.416 e. The lowest BCUT2D eigenvalue weighted by atomic mass is 9.70. The average Bonchev–Trinajstić information content (AvgIpc) is 2.65. The highest BCUT2D eigenvalue weighted by Gasteiger charge is 2.41. The molecule has 27 heavy (non-hydrogen) atoms. The molecule has 0 aromatic heterocycles. The number of rotatable bonds is 4. The van der Waals surface area contributed by atoms with Crippen molar-refractivity contribution in [1.82, 2.24) is 0 Å². The zero-order chi connectivity index (χ0) is 19.7. The van der Waals surface area contributed by atoms with Gasteiger partial charge >= 0.3 is 6.18 Å². The third-order valence-corrected chi connectivity index (χ3v) is 4.44. The van der Waals surface area contributed by atoms with Crippen LogP contribution in [0.4, 0.5) is 22.0 Å². The summed E-state index contributed by atoms with van der Waals surface area (Å²) in [5.74, 6) is -1.54. The molecule has 0 unspecified atom stereocenters. The Balaban J connectivity index is 2.33. The van der Waals surface area contributed by atoms with Gasteiger partial charge in [-0.05, 0) is 29.8 Å². The minimum atomic E-state index is -4.57. The molecule has 0 radical (unpaired) electrons. The summed E-state index contributed by atoms with van der Waals surface area (Å²) < 4.78 is 67.8. The van der Waals surface area contributed by atoms with Crippen molar-refractivity contribution in [2.24, 2.45) is 0 Å². The monoisotopic (exact) mass is 376 g/mol. The molecule has 0 aliphatic rings. The molecule has 0 aliphatic heterocycles. The van der Waals surface area contributed by atoms with Gasteiger partial charge in [-0.25, -0.2) is 8.78 Å². The van der Waals surface area contributed by atoms with Crippen LogP contribution in [-0.4, -0.2) is 6.29 Å². The Morgan fingerprint density at radius 2 is 1.04 bits per heavy atom. The smallest absolute Gasteiger partial charge is 0.302 e. The number of aldehydes is 1. The van der Waals surface area contributed by atoms with Crippen LogP contribution in [0.15, 0.2) is 72.8 Å². The van der Waals surface area contributed by atoms with E-state index in [-0.39, 0.29) is 16.7 Å². The van der Waals surface area contributed by atoms with Crippen molar-refractivity contribution in [2.75, 3.05) is 0 Å². The lowest BCUT2D eigenvalue weighted by molar-refractivity contribution is -0.137. The van der Waals surface area contributed by atoms with E-state index in [1.165, 1.54) is 36.4 Å². The van der Waals surface area contributed by atoms with Crippen LogP contribution in [0, 0.1) is 11.6 Å². The van der Waals surface area contributed by atoms with Crippen molar-refractivity contribution >= 4 is 6.29 Å². The first-order chi connectivity index (χ1) is 12.8. The molecule has 0 atom stereocenters. The van der Waals surface area contributed by atoms with Gasteiger partial charge in [0.2, 0.25) is 0 Å². The minimum absolute atomic E-state index is 0.0284. The number of hydrogen-bond donors (Lipinski definition) is 0. The summed E-state index contributed by atoms with van der Waals surface area (Å²) in [5.41, 5.74) is -3.12. The molecule has 1 nitrogen and oxygen atoms in total. The fourth-order valence-corrected chi connectivity index (χ4v) is 3.14. The molecule has 3 rings (SSSR count). The molecule has 3 aromatic rings. The molecule has 138 valence electrons. The lowest BCUT2D eigenvalue weighted by Gasteiger charge is -2.31. The van der Waals surface area contributed by atoms with Crippen LogP contribution in [0.2, 0.25) is 0 Å². The molecule has 0 fully saturated rings. The van der Waals surface area contributed by atoms with Crippen molar-refractivity contribution in [1.29, 1.82) is 0 Å². The van der Waals surface area contributed by atoms with Crippen LogP contribution in [0.25, 0.3) is 0 Å². The van der Waals surface area contributed by atoms with E-state index in [1.807, 2.05) is 0 Å². The van der Waals surface area contributed by atoms with Crippen molar-refractivity contribution < 1.29 is 26.7 Å². The maximum absolute atomic E-state index is 14.6. The lowest BCUT2D eigenvalue weighted by Crippen LogP contribution is -2.33. The zero-order valence-electron chi connectivity index (χ0n) is 13.8. The Morgan fingerprint density at radius 1 is 0.630 bits per heavy atom. The van der Waals surface area contributed by atoms with E-state index in [4.69, 9.17) is 0 Å². The first-order valence-corrected chi connectivity index (χ1v) is 7.95. The Hall–Kier alpha value is -3.02. The van der Waals surface area contributed by atoms with Crippen LogP contribution in [0.5, 0.6) is 0 Å². The Labute approximate surface area is 152 Å². The molecule has 0 spiro atoms. The third kappa shape index (κ3) is 3.23. The predicted molar refractivity (Wildman–Crippen MR) is 90.2 cm³/mol. The Bertz CT molecular complexity index is 915. The molecule has 0 saturated carbocycles. The van der Waals surface area contributed by atoms with Crippen molar-refractivity contribution in [3.63, 3.8) is 0 Å². The Morgan fingerprint density at radius 3 is 1.41 bits per heavy atom.